The molecule has 0 radical (unpaired) electrons. The van der Waals surface area contributed by atoms with Crippen molar-refractivity contribution in [3.05, 3.63) is 112 Å². The summed E-state index contributed by atoms with van der Waals surface area (Å²) in [6.07, 6.45) is 13.4. The van der Waals surface area contributed by atoms with Crippen LogP contribution < -0.4 is 39.0 Å². The first-order chi connectivity index (χ1) is 22.0. The van der Waals surface area contributed by atoms with Gasteiger partial charge in [-0.15, -0.1) is 0 Å². The van der Waals surface area contributed by atoms with Crippen molar-refractivity contribution in [3.63, 3.8) is 0 Å². The van der Waals surface area contributed by atoms with E-state index in [2.05, 4.69) is 39.8 Å². The molecule has 244 valence electrons. The molecular weight excluding hydrogens is 667 g/mol. The molecule has 0 N–H and O–H groups in total. The SMILES string of the molecule is O=S(=O)([O-])CCCCN1/C(=C/C=C2\CCC(/C=C/c3ccc4ccccc4[n+]3CCCCS(=O)(=O)[O-])=C2Cl)CCc2ccccc21.[Na+]. The van der Waals surface area contributed by atoms with Crippen LogP contribution in [-0.2, 0) is 33.2 Å². The molecule has 0 atom stereocenters. The van der Waals surface area contributed by atoms with Crippen LogP contribution in [0.3, 0.4) is 0 Å². The standard InChI is InChI=1S/C35H39ClN2O6S2.Na/c36-35-29(17-21-31-19-15-27-9-1-3-11-33(27)37(31)23-5-7-25-45(39,40)41)13-14-30(35)18-22-32-20-16-28-10-2-4-12-34(28)38(32)24-6-8-26-46(42,43)44;/h1-4,9-12,15,17-19,21-22H,5-8,13-14,16,20,23-26H2,(H-,39,40,41,42,43,44);/q;+1/p-1. The van der Waals surface area contributed by atoms with Gasteiger partial charge in [0.05, 0.1) is 20.2 Å². The van der Waals surface area contributed by atoms with Gasteiger partial charge >= 0.3 is 29.6 Å². The number of hydrogen-bond acceptors (Lipinski definition) is 7. The van der Waals surface area contributed by atoms with E-state index in [4.69, 9.17) is 11.6 Å². The average Bonchev–Trinajstić information content (AvgIpc) is 3.37. The van der Waals surface area contributed by atoms with Gasteiger partial charge in [0, 0.05) is 64.5 Å². The van der Waals surface area contributed by atoms with Gasteiger partial charge < -0.3 is 14.0 Å². The zero-order valence-electron chi connectivity index (χ0n) is 26.6. The Morgan fingerprint density at radius 3 is 2.23 bits per heavy atom. The second-order valence-corrected chi connectivity index (χ2v) is 15.1. The van der Waals surface area contributed by atoms with Gasteiger partial charge in [0.25, 0.3) is 0 Å². The Morgan fingerprint density at radius 2 is 1.47 bits per heavy atom. The molecular formula is C35H38ClN2NaO6S2. The number of fused-ring (bicyclic) bond motifs is 2. The van der Waals surface area contributed by atoms with E-state index in [0.717, 1.165) is 69.8 Å². The number of halogens is 1. The van der Waals surface area contributed by atoms with Crippen molar-refractivity contribution < 1.29 is 60.1 Å². The Labute approximate surface area is 305 Å². The second kappa shape index (κ2) is 16.9. The molecule has 8 nitrogen and oxygen atoms in total. The molecule has 0 unspecified atom stereocenters. The summed E-state index contributed by atoms with van der Waals surface area (Å²) < 4.78 is 68.7. The quantitative estimate of drug-likeness (QED) is 0.116. The molecule has 2 heterocycles. The molecule has 1 aliphatic carbocycles. The molecule has 0 spiro atoms. The van der Waals surface area contributed by atoms with Crippen LogP contribution in [0.4, 0.5) is 5.69 Å². The first-order valence-electron chi connectivity index (χ1n) is 15.6. The van der Waals surface area contributed by atoms with Crippen molar-refractivity contribution in [1.29, 1.82) is 0 Å². The van der Waals surface area contributed by atoms with Gasteiger partial charge in [0.1, 0.15) is 6.54 Å². The minimum atomic E-state index is -4.24. The Morgan fingerprint density at radius 1 is 0.766 bits per heavy atom. The number of anilines is 1. The maximum absolute atomic E-state index is 11.1. The molecule has 0 saturated carbocycles. The van der Waals surface area contributed by atoms with E-state index in [1.54, 1.807) is 0 Å². The third-order valence-electron chi connectivity index (χ3n) is 8.46. The fourth-order valence-corrected chi connectivity index (χ4v) is 7.57. The molecule has 1 aromatic heterocycles. The van der Waals surface area contributed by atoms with Crippen molar-refractivity contribution in [2.24, 2.45) is 0 Å². The third-order valence-corrected chi connectivity index (χ3v) is 10.5. The Hall–Kier alpha value is -2.28. The number of hydrogen-bond donors (Lipinski definition) is 0. The fourth-order valence-electron chi connectivity index (χ4n) is 6.14. The largest absolute Gasteiger partial charge is 1.00 e. The molecule has 47 heavy (non-hydrogen) atoms. The number of nitrogens with zero attached hydrogens (tertiary/aromatic N) is 2. The summed E-state index contributed by atoms with van der Waals surface area (Å²) in [7, 11) is -8.47. The molecule has 2 aliphatic rings. The van der Waals surface area contributed by atoms with Crippen molar-refractivity contribution in [2.75, 3.05) is 23.0 Å². The Balaban J connectivity index is 0.00000500. The number of benzene rings is 2. The van der Waals surface area contributed by atoms with Crippen molar-refractivity contribution in [2.45, 2.75) is 57.9 Å². The van der Waals surface area contributed by atoms with Crippen LogP contribution in [0.5, 0.6) is 0 Å². The van der Waals surface area contributed by atoms with E-state index in [0.29, 0.717) is 38.8 Å². The van der Waals surface area contributed by atoms with Gasteiger partial charge in [-0.2, -0.15) is 4.57 Å². The van der Waals surface area contributed by atoms with Crippen LogP contribution >= 0.6 is 11.6 Å². The van der Waals surface area contributed by atoms with Crippen molar-refractivity contribution in [1.82, 2.24) is 0 Å². The first-order valence-corrected chi connectivity index (χ1v) is 19.1. The summed E-state index contributed by atoms with van der Waals surface area (Å²) in [6.45, 7) is 1.20. The molecule has 12 heteroatoms. The van der Waals surface area contributed by atoms with Crippen LogP contribution in [0.1, 0.15) is 56.2 Å². The Kier molecular flexibility index (Phi) is 13.5. The summed E-state index contributed by atoms with van der Waals surface area (Å²) in [6, 6.07) is 20.3. The Bertz CT molecular complexity index is 1940. The molecule has 1 aliphatic heterocycles. The average molecular weight is 705 g/mol. The predicted octanol–water partition coefficient (Wildman–Crippen LogP) is 3.35. The molecule has 2 aromatic carbocycles. The van der Waals surface area contributed by atoms with E-state index < -0.39 is 20.2 Å². The molecule has 0 fully saturated rings. The minimum Gasteiger partial charge on any atom is -0.748 e. The maximum atomic E-state index is 11.1. The molecule has 3 aromatic rings. The van der Waals surface area contributed by atoms with Gasteiger partial charge in [-0.3, -0.25) is 0 Å². The number of allylic oxidation sites excluding steroid dienone is 7. The van der Waals surface area contributed by atoms with Crippen molar-refractivity contribution >= 4 is 54.5 Å². The van der Waals surface area contributed by atoms with Crippen LogP contribution in [0.15, 0.2) is 101 Å². The van der Waals surface area contributed by atoms with Gasteiger partial charge in [0.2, 0.25) is 11.2 Å². The third kappa shape index (κ3) is 10.6. The van der Waals surface area contributed by atoms with Crippen LogP contribution in [0, 0.1) is 0 Å². The number of aryl methyl sites for hydroxylation is 2. The summed E-state index contributed by atoms with van der Waals surface area (Å²) in [5, 5.41) is 1.80. The van der Waals surface area contributed by atoms with Crippen LogP contribution in [0.25, 0.3) is 17.0 Å². The zero-order valence-corrected chi connectivity index (χ0v) is 31.0. The van der Waals surface area contributed by atoms with Crippen molar-refractivity contribution in [3.8, 4) is 0 Å². The second-order valence-electron chi connectivity index (χ2n) is 11.7. The van der Waals surface area contributed by atoms with E-state index in [1.165, 1.54) is 5.56 Å². The normalized spacial score (nSPS) is 17.2. The monoisotopic (exact) mass is 704 g/mol. The van der Waals surface area contributed by atoms with E-state index in [9.17, 15) is 25.9 Å². The predicted molar refractivity (Wildman–Crippen MR) is 181 cm³/mol. The van der Waals surface area contributed by atoms with Gasteiger partial charge in [-0.05, 0) is 85.9 Å². The first kappa shape index (κ1) is 37.5. The number of rotatable bonds is 13. The van der Waals surface area contributed by atoms with E-state index in [1.807, 2.05) is 54.6 Å². The number of pyridine rings is 1. The summed E-state index contributed by atoms with van der Waals surface area (Å²) >= 11 is 6.91. The number of para-hydroxylation sites is 2. The number of unbranched alkanes of at least 4 members (excludes halogenated alkanes) is 2. The van der Waals surface area contributed by atoms with Crippen LogP contribution in [0.2, 0.25) is 0 Å². The zero-order chi connectivity index (χ0) is 32.7. The fraction of sp³-hybridized carbons (Fsp3) is 0.343. The van der Waals surface area contributed by atoms with Gasteiger partial charge in [-0.25, -0.2) is 16.8 Å². The minimum absolute atomic E-state index is 0. The summed E-state index contributed by atoms with van der Waals surface area (Å²) in [5.74, 6) is -0.722. The van der Waals surface area contributed by atoms with Gasteiger partial charge in [0.15, 0.2) is 0 Å². The molecule has 0 bridgehead atoms. The molecule has 0 amide bonds. The van der Waals surface area contributed by atoms with E-state index in [-0.39, 0.29) is 41.1 Å². The number of aromatic nitrogens is 1. The topological polar surface area (TPSA) is 122 Å². The summed E-state index contributed by atoms with van der Waals surface area (Å²) in [4.78, 5) is 2.23. The van der Waals surface area contributed by atoms with Gasteiger partial charge in [-0.1, -0.05) is 54.1 Å². The smallest absolute Gasteiger partial charge is 0.748 e. The summed E-state index contributed by atoms with van der Waals surface area (Å²) in [5.41, 5.74) is 7.56. The maximum Gasteiger partial charge on any atom is 1.00 e. The molecule has 5 rings (SSSR count). The van der Waals surface area contributed by atoms with Crippen LogP contribution in [-0.4, -0.2) is 44.0 Å². The molecule has 0 saturated heterocycles. The van der Waals surface area contributed by atoms with E-state index >= 15 is 0 Å².